The second-order valence-electron chi connectivity index (χ2n) is 4.57. The molecule has 2 heterocycles. The summed E-state index contributed by atoms with van der Waals surface area (Å²) >= 11 is 0. The molecule has 0 spiro atoms. The van der Waals surface area contributed by atoms with Gasteiger partial charge >= 0.3 is 0 Å². The van der Waals surface area contributed by atoms with Gasteiger partial charge in [0.25, 0.3) is 0 Å². The summed E-state index contributed by atoms with van der Waals surface area (Å²) in [5.41, 5.74) is 0. The predicted molar refractivity (Wildman–Crippen MR) is 72.1 cm³/mol. The molecule has 2 aliphatic rings. The van der Waals surface area contributed by atoms with Crippen LogP contribution in [0.15, 0.2) is 0 Å². The Hall–Kier alpha value is -0.160. The van der Waals surface area contributed by atoms with Crippen LogP contribution < -0.4 is 10.6 Å². The first-order chi connectivity index (χ1) is 8.26. The molecule has 2 saturated heterocycles. The van der Waals surface area contributed by atoms with Gasteiger partial charge in [-0.3, -0.25) is 0 Å². The van der Waals surface area contributed by atoms with Crippen molar-refractivity contribution in [3.8, 4) is 0 Å². The van der Waals surface area contributed by atoms with Crippen molar-refractivity contribution in [1.82, 2.24) is 10.6 Å². The van der Waals surface area contributed by atoms with Crippen LogP contribution >= 0.6 is 0 Å². The van der Waals surface area contributed by atoms with Crippen molar-refractivity contribution in [2.45, 2.75) is 52.1 Å². The molecule has 0 bridgehead atoms. The lowest BCUT2D eigenvalue weighted by Gasteiger charge is -2.01. The first-order valence-corrected chi connectivity index (χ1v) is 6.94. The number of nitrogens with one attached hydrogen (secondary N) is 2. The SMILES string of the molecule is CC.CC1CC(CO)CN1.OC[C@H]1CCCN1. The highest BCUT2D eigenvalue weighted by Crippen LogP contribution is 2.11. The molecule has 0 aromatic rings. The lowest BCUT2D eigenvalue weighted by atomic mass is 10.1. The van der Waals surface area contributed by atoms with E-state index in [2.05, 4.69) is 17.6 Å². The fourth-order valence-corrected chi connectivity index (χ4v) is 2.09. The van der Waals surface area contributed by atoms with E-state index in [-0.39, 0.29) is 0 Å². The third kappa shape index (κ3) is 7.71. The smallest absolute Gasteiger partial charge is 0.0584 e. The minimum Gasteiger partial charge on any atom is -0.396 e. The van der Waals surface area contributed by atoms with Crippen molar-refractivity contribution in [3.05, 3.63) is 0 Å². The van der Waals surface area contributed by atoms with Crippen LogP contribution in [0.4, 0.5) is 0 Å². The number of aliphatic hydroxyl groups is 2. The Morgan fingerprint density at radius 1 is 1.12 bits per heavy atom. The lowest BCUT2D eigenvalue weighted by Crippen LogP contribution is -2.24. The van der Waals surface area contributed by atoms with E-state index in [1.54, 1.807) is 0 Å². The molecule has 2 unspecified atom stereocenters. The second-order valence-corrected chi connectivity index (χ2v) is 4.57. The number of rotatable bonds is 2. The number of hydrogen-bond donors (Lipinski definition) is 4. The van der Waals surface area contributed by atoms with Crippen molar-refractivity contribution in [2.24, 2.45) is 5.92 Å². The van der Waals surface area contributed by atoms with E-state index in [1.165, 1.54) is 6.42 Å². The van der Waals surface area contributed by atoms with E-state index in [0.29, 0.717) is 31.2 Å². The zero-order valence-corrected chi connectivity index (χ0v) is 11.6. The average Bonchev–Trinajstić information content (AvgIpc) is 3.03. The molecule has 3 atom stereocenters. The Labute approximate surface area is 106 Å². The first kappa shape index (κ1) is 16.8. The predicted octanol–water partition coefficient (Wildman–Crippen LogP) is 0.734. The van der Waals surface area contributed by atoms with E-state index >= 15 is 0 Å². The normalized spacial score (nSPS) is 31.2. The van der Waals surface area contributed by atoms with Crippen molar-refractivity contribution in [2.75, 3.05) is 26.3 Å². The van der Waals surface area contributed by atoms with Crippen molar-refractivity contribution in [3.63, 3.8) is 0 Å². The number of aliphatic hydroxyl groups excluding tert-OH is 2. The standard InChI is InChI=1S/C6H13NO.C5H11NO.C2H6/c1-5-2-6(4-8)3-7-5;7-4-5-2-1-3-6-5;1-2/h5-8H,2-4H2,1H3;5-7H,1-4H2;1-2H3/t;5-;/m.1./s1. The van der Waals surface area contributed by atoms with Gasteiger partial charge in [-0.15, -0.1) is 0 Å². The topological polar surface area (TPSA) is 64.5 Å². The summed E-state index contributed by atoms with van der Waals surface area (Å²) in [6, 6.07) is 1.02. The molecule has 0 aromatic heterocycles. The summed E-state index contributed by atoms with van der Waals surface area (Å²) < 4.78 is 0. The fourth-order valence-electron chi connectivity index (χ4n) is 2.09. The van der Waals surface area contributed by atoms with Crippen molar-refractivity contribution in [1.29, 1.82) is 0 Å². The highest BCUT2D eigenvalue weighted by molar-refractivity contribution is 4.77. The van der Waals surface area contributed by atoms with Crippen LogP contribution in [0.25, 0.3) is 0 Å². The van der Waals surface area contributed by atoms with Crippen molar-refractivity contribution >= 4 is 0 Å². The van der Waals surface area contributed by atoms with E-state index in [0.717, 1.165) is 25.9 Å². The van der Waals surface area contributed by atoms with Crippen LogP contribution in [0.5, 0.6) is 0 Å². The summed E-state index contributed by atoms with van der Waals surface area (Å²) in [6.45, 7) is 8.88. The minimum absolute atomic E-state index is 0.306. The van der Waals surface area contributed by atoms with Crippen LogP contribution in [0.3, 0.4) is 0 Å². The van der Waals surface area contributed by atoms with Gasteiger partial charge in [-0.2, -0.15) is 0 Å². The molecule has 0 aliphatic carbocycles. The van der Waals surface area contributed by atoms with E-state index in [4.69, 9.17) is 10.2 Å². The molecular weight excluding hydrogens is 216 g/mol. The molecule has 4 heteroatoms. The minimum atomic E-state index is 0.306. The molecule has 0 amide bonds. The van der Waals surface area contributed by atoms with Gasteiger partial charge in [0, 0.05) is 25.2 Å². The molecular formula is C13H30N2O2. The summed E-state index contributed by atoms with van der Waals surface area (Å²) in [7, 11) is 0. The van der Waals surface area contributed by atoms with E-state index in [1.807, 2.05) is 13.8 Å². The van der Waals surface area contributed by atoms with Gasteiger partial charge in [0.15, 0.2) is 0 Å². The first-order valence-electron chi connectivity index (χ1n) is 6.94. The van der Waals surface area contributed by atoms with Gasteiger partial charge in [-0.05, 0) is 38.6 Å². The van der Waals surface area contributed by atoms with Gasteiger partial charge in [0.1, 0.15) is 0 Å². The van der Waals surface area contributed by atoms with Crippen LogP contribution in [0.2, 0.25) is 0 Å². The Morgan fingerprint density at radius 3 is 2.06 bits per heavy atom. The van der Waals surface area contributed by atoms with Crippen LogP contribution in [0.1, 0.15) is 40.0 Å². The molecule has 0 radical (unpaired) electrons. The maximum absolute atomic E-state index is 8.64. The fraction of sp³-hybridized carbons (Fsp3) is 1.00. The van der Waals surface area contributed by atoms with Gasteiger partial charge in [0.05, 0.1) is 6.61 Å². The van der Waals surface area contributed by atoms with Crippen LogP contribution in [-0.2, 0) is 0 Å². The Balaban J connectivity index is 0.000000265. The highest BCUT2D eigenvalue weighted by atomic mass is 16.3. The summed E-state index contributed by atoms with van der Waals surface area (Å²) in [5, 5.41) is 23.6. The maximum Gasteiger partial charge on any atom is 0.0584 e. The molecule has 0 aromatic carbocycles. The van der Waals surface area contributed by atoms with Gasteiger partial charge in [-0.25, -0.2) is 0 Å². The molecule has 2 fully saturated rings. The van der Waals surface area contributed by atoms with E-state index in [9.17, 15) is 0 Å². The molecule has 4 nitrogen and oxygen atoms in total. The molecule has 2 rings (SSSR count). The Kier molecular flexibility index (Phi) is 10.9. The quantitative estimate of drug-likeness (QED) is 0.580. The van der Waals surface area contributed by atoms with Crippen molar-refractivity contribution < 1.29 is 10.2 Å². The molecule has 4 N–H and O–H groups in total. The average molecular weight is 246 g/mol. The third-order valence-corrected chi connectivity index (χ3v) is 3.08. The van der Waals surface area contributed by atoms with Gasteiger partial charge in [-0.1, -0.05) is 13.8 Å². The largest absolute Gasteiger partial charge is 0.396 e. The molecule has 2 aliphatic heterocycles. The summed E-state index contributed by atoms with van der Waals surface area (Å²) in [5.74, 6) is 0.519. The summed E-state index contributed by atoms with van der Waals surface area (Å²) in [6.07, 6.45) is 3.51. The third-order valence-electron chi connectivity index (χ3n) is 3.08. The monoisotopic (exact) mass is 246 g/mol. The molecule has 0 saturated carbocycles. The Bertz CT molecular complexity index is 161. The Morgan fingerprint density at radius 2 is 1.82 bits per heavy atom. The highest BCUT2D eigenvalue weighted by Gasteiger charge is 2.18. The lowest BCUT2D eigenvalue weighted by molar-refractivity contribution is 0.236. The van der Waals surface area contributed by atoms with Crippen LogP contribution in [-0.4, -0.2) is 48.6 Å². The zero-order chi connectivity index (χ0) is 13.1. The second kappa shape index (κ2) is 11.0. The van der Waals surface area contributed by atoms with Gasteiger partial charge in [0.2, 0.25) is 0 Å². The maximum atomic E-state index is 8.64. The van der Waals surface area contributed by atoms with Crippen LogP contribution in [0, 0.1) is 5.92 Å². The van der Waals surface area contributed by atoms with Gasteiger partial charge < -0.3 is 20.8 Å². The number of hydrogen-bond acceptors (Lipinski definition) is 4. The zero-order valence-electron chi connectivity index (χ0n) is 11.6. The van der Waals surface area contributed by atoms with E-state index < -0.39 is 0 Å². The molecule has 17 heavy (non-hydrogen) atoms. The molecule has 104 valence electrons. The summed E-state index contributed by atoms with van der Waals surface area (Å²) in [4.78, 5) is 0.